The first kappa shape index (κ1) is 19.5. The minimum absolute atomic E-state index is 0.0631. The molecular formula is C21H33NO. The van der Waals surface area contributed by atoms with Crippen LogP contribution in [0.15, 0.2) is 30.9 Å². The molecule has 0 saturated heterocycles. The van der Waals surface area contributed by atoms with Crippen molar-refractivity contribution < 1.29 is 4.79 Å². The van der Waals surface area contributed by atoms with Crippen molar-refractivity contribution in [1.29, 1.82) is 0 Å². The average molecular weight is 316 g/mol. The quantitative estimate of drug-likeness (QED) is 0.408. The number of aryl methyl sites for hydroxylation is 1. The van der Waals surface area contributed by atoms with Gasteiger partial charge in [0, 0.05) is 12.1 Å². The van der Waals surface area contributed by atoms with Crippen LogP contribution < -0.4 is 5.32 Å². The Kier molecular flexibility index (Phi) is 9.35. The van der Waals surface area contributed by atoms with Crippen LogP contribution in [-0.4, -0.2) is 12.5 Å². The minimum Gasteiger partial charge on any atom is -0.352 e. The van der Waals surface area contributed by atoms with E-state index in [0.717, 1.165) is 36.1 Å². The highest BCUT2D eigenvalue weighted by molar-refractivity contribution is 5.96. The van der Waals surface area contributed by atoms with Crippen molar-refractivity contribution in [3.8, 4) is 0 Å². The SMILES string of the molecule is C=CCC(C)c1ccc(C)cc1C(=O)NCCCCCCCC. The molecule has 1 amide bonds. The molecule has 0 fully saturated rings. The van der Waals surface area contributed by atoms with E-state index in [1.165, 1.54) is 32.1 Å². The van der Waals surface area contributed by atoms with Crippen molar-refractivity contribution in [3.63, 3.8) is 0 Å². The van der Waals surface area contributed by atoms with Crippen LogP contribution in [0.4, 0.5) is 0 Å². The molecule has 1 unspecified atom stereocenters. The maximum Gasteiger partial charge on any atom is 0.251 e. The van der Waals surface area contributed by atoms with Gasteiger partial charge in [-0.2, -0.15) is 0 Å². The predicted octanol–water partition coefficient (Wildman–Crippen LogP) is 5.76. The summed E-state index contributed by atoms with van der Waals surface area (Å²) in [5.41, 5.74) is 3.07. The lowest BCUT2D eigenvalue weighted by Crippen LogP contribution is -2.26. The fraction of sp³-hybridized carbons (Fsp3) is 0.571. The van der Waals surface area contributed by atoms with E-state index in [9.17, 15) is 4.79 Å². The Morgan fingerprint density at radius 3 is 2.61 bits per heavy atom. The van der Waals surface area contributed by atoms with Gasteiger partial charge in [0.2, 0.25) is 0 Å². The van der Waals surface area contributed by atoms with Crippen molar-refractivity contribution in [2.24, 2.45) is 0 Å². The molecule has 0 aliphatic carbocycles. The Hall–Kier alpha value is -1.57. The zero-order valence-corrected chi connectivity index (χ0v) is 15.2. The number of amides is 1. The zero-order chi connectivity index (χ0) is 17.1. The lowest BCUT2D eigenvalue weighted by molar-refractivity contribution is 0.0951. The van der Waals surface area contributed by atoms with Gasteiger partial charge in [-0.25, -0.2) is 0 Å². The van der Waals surface area contributed by atoms with Crippen LogP contribution in [-0.2, 0) is 0 Å². The van der Waals surface area contributed by atoms with Crippen LogP contribution in [0.5, 0.6) is 0 Å². The molecule has 0 saturated carbocycles. The Labute approximate surface area is 142 Å². The van der Waals surface area contributed by atoms with E-state index in [1.807, 2.05) is 19.1 Å². The summed E-state index contributed by atoms with van der Waals surface area (Å²) >= 11 is 0. The van der Waals surface area contributed by atoms with Crippen LogP contribution in [0, 0.1) is 6.92 Å². The molecule has 0 radical (unpaired) electrons. The summed E-state index contributed by atoms with van der Waals surface area (Å²) in [6.45, 7) is 11.0. The summed E-state index contributed by atoms with van der Waals surface area (Å²) < 4.78 is 0. The summed E-state index contributed by atoms with van der Waals surface area (Å²) in [5, 5.41) is 3.09. The van der Waals surface area contributed by atoms with Gasteiger partial charge in [0.1, 0.15) is 0 Å². The number of unbranched alkanes of at least 4 members (excludes halogenated alkanes) is 5. The van der Waals surface area contributed by atoms with Crippen LogP contribution >= 0.6 is 0 Å². The molecule has 23 heavy (non-hydrogen) atoms. The topological polar surface area (TPSA) is 29.1 Å². The number of hydrogen-bond donors (Lipinski definition) is 1. The summed E-state index contributed by atoms with van der Waals surface area (Å²) in [6, 6.07) is 6.17. The van der Waals surface area contributed by atoms with Crippen LogP contribution in [0.2, 0.25) is 0 Å². The maximum absolute atomic E-state index is 12.5. The molecule has 0 aliphatic rings. The van der Waals surface area contributed by atoms with E-state index in [0.29, 0.717) is 5.92 Å². The van der Waals surface area contributed by atoms with Gasteiger partial charge >= 0.3 is 0 Å². The van der Waals surface area contributed by atoms with Gasteiger partial charge in [-0.1, -0.05) is 69.7 Å². The van der Waals surface area contributed by atoms with E-state index in [2.05, 4.69) is 37.9 Å². The van der Waals surface area contributed by atoms with Gasteiger partial charge in [0.25, 0.3) is 5.91 Å². The first-order valence-electron chi connectivity index (χ1n) is 9.09. The third kappa shape index (κ3) is 7.02. The van der Waals surface area contributed by atoms with Gasteiger partial charge in [-0.05, 0) is 37.3 Å². The molecule has 0 bridgehead atoms. The predicted molar refractivity (Wildman–Crippen MR) is 100 cm³/mol. The number of benzene rings is 1. The third-order valence-corrected chi connectivity index (χ3v) is 4.32. The first-order valence-corrected chi connectivity index (χ1v) is 9.09. The molecule has 0 aromatic heterocycles. The number of carbonyl (C=O) groups is 1. The normalized spacial score (nSPS) is 12.0. The Morgan fingerprint density at radius 1 is 1.22 bits per heavy atom. The Morgan fingerprint density at radius 2 is 1.91 bits per heavy atom. The molecule has 1 atom stereocenters. The molecule has 2 heteroatoms. The summed E-state index contributed by atoms with van der Waals surface area (Å²) in [7, 11) is 0. The molecule has 0 heterocycles. The molecule has 0 aliphatic heterocycles. The van der Waals surface area contributed by atoms with Gasteiger partial charge < -0.3 is 5.32 Å². The summed E-state index contributed by atoms with van der Waals surface area (Å²) in [5.74, 6) is 0.385. The average Bonchev–Trinajstić information content (AvgIpc) is 2.54. The smallest absolute Gasteiger partial charge is 0.251 e. The number of hydrogen-bond acceptors (Lipinski definition) is 1. The second kappa shape index (κ2) is 11.0. The second-order valence-corrected chi connectivity index (χ2v) is 6.54. The van der Waals surface area contributed by atoms with E-state index < -0.39 is 0 Å². The van der Waals surface area contributed by atoms with Crippen molar-refractivity contribution in [2.45, 2.75) is 71.6 Å². The monoisotopic (exact) mass is 315 g/mol. The van der Waals surface area contributed by atoms with Crippen LogP contribution in [0.25, 0.3) is 0 Å². The first-order chi connectivity index (χ1) is 11.1. The fourth-order valence-electron chi connectivity index (χ4n) is 2.88. The standard InChI is InChI=1S/C21H33NO/c1-5-7-8-9-10-11-15-22-21(23)20-16-17(3)13-14-19(20)18(4)12-6-2/h6,13-14,16,18H,2,5,7-12,15H2,1,3-4H3,(H,22,23). The maximum atomic E-state index is 12.5. The molecule has 1 aromatic rings. The second-order valence-electron chi connectivity index (χ2n) is 6.54. The lowest BCUT2D eigenvalue weighted by Gasteiger charge is -2.16. The Bertz CT molecular complexity index is 493. The zero-order valence-electron chi connectivity index (χ0n) is 15.2. The molecule has 1 rings (SSSR count). The summed E-state index contributed by atoms with van der Waals surface area (Å²) in [4.78, 5) is 12.5. The number of rotatable bonds is 11. The van der Waals surface area contributed by atoms with Crippen LogP contribution in [0.1, 0.15) is 86.2 Å². The van der Waals surface area contributed by atoms with E-state index in [-0.39, 0.29) is 5.91 Å². The number of carbonyl (C=O) groups excluding carboxylic acids is 1. The fourth-order valence-corrected chi connectivity index (χ4v) is 2.88. The largest absolute Gasteiger partial charge is 0.352 e. The number of allylic oxidation sites excluding steroid dienone is 1. The van der Waals surface area contributed by atoms with E-state index >= 15 is 0 Å². The highest BCUT2D eigenvalue weighted by Gasteiger charge is 2.15. The molecule has 128 valence electrons. The van der Waals surface area contributed by atoms with Crippen molar-refractivity contribution >= 4 is 5.91 Å². The van der Waals surface area contributed by atoms with Crippen LogP contribution in [0.3, 0.4) is 0 Å². The Balaban J connectivity index is 2.54. The lowest BCUT2D eigenvalue weighted by atomic mass is 9.91. The third-order valence-electron chi connectivity index (χ3n) is 4.32. The molecule has 2 nitrogen and oxygen atoms in total. The van der Waals surface area contributed by atoms with Crippen molar-refractivity contribution in [1.82, 2.24) is 5.32 Å². The molecule has 0 spiro atoms. The number of nitrogens with one attached hydrogen (secondary N) is 1. The van der Waals surface area contributed by atoms with Gasteiger partial charge in [0.15, 0.2) is 0 Å². The highest BCUT2D eigenvalue weighted by Crippen LogP contribution is 2.24. The van der Waals surface area contributed by atoms with E-state index in [4.69, 9.17) is 0 Å². The van der Waals surface area contributed by atoms with Crippen molar-refractivity contribution in [3.05, 3.63) is 47.5 Å². The van der Waals surface area contributed by atoms with Gasteiger partial charge in [-0.15, -0.1) is 6.58 Å². The van der Waals surface area contributed by atoms with E-state index in [1.54, 1.807) is 0 Å². The minimum atomic E-state index is 0.0631. The summed E-state index contributed by atoms with van der Waals surface area (Å²) in [6.07, 6.45) is 10.3. The van der Waals surface area contributed by atoms with Gasteiger partial charge in [0.05, 0.1) is 0 Å². The molecule has 1 N–H and O–H groups in total. The molecular weight excluding hydrogens is 282 g/mol. The highest BCUT2D eigenvalue weighted by atomic mass is 16.1. The van der Waals surface area contributed by atoms with Crippen molar-refractivity contribution in [2.75, 3.05) is 6.54 Å². The van der Waals surface area contributed by atoms with Gasteiger partial charge in [-0.3, -0.25) is 4.79 Å². The molecule has 1 aromatic carbocycles.